The average molecular weight is 276 g/mol. The largest absolute Gasteiger partial charge is 0.493 e. The number of anilines is 1. The second-order valence-corrected chi connectivity index (χ2v) is 4.13. The second kappa shape index (κ2) is 5.52. The van der Waals surface area contributed by atoms with Gasteiger partial charge in [0.1, 0.15) is 5.82 Å². The lowest BCUT2D eigenvalue weighted by Crippen LogP contribution is -2.13. The van der Waals surface area contributed by atoms with E-state index in [0.29, 0.717) is 23.9 Å². The van der Waals surface area contributed by atoms with Crippen molar-refractivity contribution in [1.82, 2.24) is 9.78 Å². The van der Waals surface area contributed by atoms with Crippen LogP contribution in [0.2, 0.25) is 0 Å². The first-order valence-corrected chi connectivity index (χ1v) is 5.89. The molecule has 0 atom stereocenters. The summed E-state index contributed by atoms with van der Waals surface area (Å²) < 4.78 is 12.0. The summed E-state index contributed by atoms with van der Waals surface area (Å²) >= 11 is 0. The van der Waals surface area contributed by atoms with Gasteiger partial charge in [0.05, 0.1) is 20.8 Å². The number of ether oxygens (including phenoxy) is 2. The number of hydrogen-bond donors (Lipinski definition) is 2. The van der Waals surface area contributed by atoms with Gasteiger partial charge in [-0.2, -0.15) is 5.10 Å². The molecule has 0 unspecified atom stereocenters. The van der Waals surface area contributed by atoms with E-state index >= 15 is 0 Å². The zero-order valence-corrected chi connectivity index (χ0v) is 11.3. The lowest BCUT2D eigenvalue weighted by molar-refractivity contribution is 0.0995. The van der Waals surface area contributed by atoms with Crippen LogP contribution in [0.25, 0.3) is 0 Å². The van der Waals surface area contributed by atoms with Crippen LogP contribution in [-0.4, -0.2) is 29.9 Å². The number of carbonyl (C=O) groups excluding carboxylic acids is 1. The minimum absolute atomic E-state index is 0.129. The van der Waals surface area contributed by atoms with Crippen molar-refractivity contribution in [2.75, 3.05) is 20.0 Å². The molecule has 4 N–H and O–H groups in total. The third-order valence-electron chi connectivity index (χ3n) is 2.87. The number of rotatable bonds is 5. The molecule has 1 amide bonds. The van der Waals surface area contributed by atoms with Crippen LogP contribution in [0.15, 0.2) is 24.3 Å². The van der Waals surface area contributed by atoms with Gasteiger partial charge in [-0.25, -0.2) is 4.68 Å². The Labute approximate surface area is 116 Å². The number of methoxy groups -OCH3 is 2. The lowest BCUT2D eigenvalue weighted by atomic mass is 10.2. The molecule has 0 spiro atoms. The summed E-state index contributed by atoms with van der Waals surface area (Å²) in [6, 6.07) is 6.94. The van der Waals surface area contributed by atoms with E-state index in [0.717, 1.165) is 5.56 Å². The number of amides is 1. The summed E-state index contributed by atoms with van der Waals surface area (Å²) in [5.41, 5.74) is 11.9. The normalized spacial score (nSPS) is 10.3. The first-order valence-electron chi connectivity index (χ1n) is 5.89. The van der Waals surface area contributed by atoms with E-state index in [9.17, 15) is 4.79 Å². The van der Waals surface area contributed by atoms with E-state index < -0.39 is 5.91 Å². The number of benzene rings is 1. The molecule has 2 aromatic rings. The Balaban J connectivity index is 2.37. The van der Waals surface area contributed by atoms with Crippen molar-refractivity contribution < 1.29 is 14.3 Å². The van der Waals surface area contributed by atoms with Gasteiger partial charge in [-0.05, 0) is 6.07 Å². The highest BCUT2D eigenvalue weighted by Gasteiger charge is 2.14. The Morgan fingerprint density at radius 1 is 1.35 bits per heavy atom. The molecule has 0 radical (unpaired) electrons. The Bertz CT molecular complexity index is 637. The van der Waals surface area contributed by atoms with Gasteiger partial charge >= 0.3 is 0 Å². The third-order valence-corrected chi connectivity index (χ3v) is 2.87. The summed E-state index contributed by atoms with van der Waals surface area (Å²) in [7, 11) is 3.12. The van der Waals surface area contributed by atoms with Gasteiger partial charge in [0.2, 0.25) is 0 Å². The van der Waals surface area contributed by atoms with Crippen molar-refractivity contribution in [3.05, 3.63) is 35.5 Å². The fourth-order valence-corrected chi connectivity index (χ4v) is 1.92. The maximum Gasteiger partial charge on any atom is 0.269 e. The highest BCUT2D eigenvalue weighted by atomic mass is 16.5. The van der Waals surface area contributed by atoms with Crippen LogP contribution < -0.4 is 20.9 Å². The molecule has 0 bridgehead atoms. The van der Waals surface area contributed by atoms with Crippen molar-refractivity contribution in [1.29, 1.82) is 0 Å². The highest BCUT2D eigenvalue weighted by Crippen LogP contribution is 2.31. The molecule has 0 aliphatic rings. The van der Waals surface area contributed by atoms with E-state index in [1.165, 1.54) is 10.7 Å². The molecule has 0 saturated heterocycles. The van der Waals surface area contributed by atoms with Gasteiger partial charge in [-0.3, -0.25) is 4.79 Å². The Morgan fingerprint density at radius 2 is 2.10 bits per heavy atom. The van der Waals surface area contributed by atoms with Gasteiger partial charge in [-0.15, -0.1) is 0 Å². The minimum atomic E-state index is -0.618. The number of para-hydroxylation sites is 1. The molecule has 1 aromatic carbocycles. The standard InChI is InChI=1S/C13H16N4O3/c1-19-10-5-3-4-8(12(10)20-2)7-17-11(14)6-9(16-17)13(15)18/h3-6H,7,14H2,1-2H3,(H2,15,18). The number of nitrogen functional groups attached to an aromatic ring is 1. The fraction of sp³-hybridized carbons (Fsp3) is 0.231. The van der Waals surface area contributed by atoms with Crippen molar-refractivity contribution in [2.45, 2.75) is 6.54 Å². The summed E-state index contributed by atoms with van der Waals surface area (Å²) in [4.78, 5) is 11.1. The maximum absolute atomic E-state index is 11.1. The molecule has 7 nitrogen and oxygen atoms in total. The summed E-state index contributed by atoms with van der Waals surface area (Å²) in [5.74, 6) is 0.952. The number of nitrogens with two attached hydrogens (primary N) is 2. The van der Waals surface area contributed by atoms with E-state index in [1.54, 1.807) is 20.3 Å². The molecule has 1 aromatic heterocycles. The van der Waals surface area contributed by atoms with Gasteiger partial charge in [0, 0.05) is 11.6 Å². The molecule has 0 aliphatic heterocycles. The monoisotopic (exact) mass is 276 g/mol. The van der Waals surface area contributed by atoms with Crippen molar-refractivity contribution in [3.63, 3.8) is 0 Å². The molecule has 2 rings (SSSR count). The highest BCUT2D eigenvalue weighted by molar-refractivity contribution is 5.91. The molecule has 0 saturated carbocycles. The number of aromatic nitrogens is 2. The smallest absolute Gasteiger partial charge is 0.269 e. The zero-order chi connectivity index (χ0) is 14.7. The molecule has 1 heterocycles. The lowest BCUT2D eigenvalue weighted by Gasteiger charge is -2.13. The Morgan fingerprint density at radius 3 is 2.65 bits per heavy atom. The number of nitrogens with zero attached hydrogens (tertiary/aromatic N) is 2. The van der Waals surface area contributed by atoms with Gasteiger partial charge in [0.15, 0.2) is 17.2 Å². The minimum Gasteiger partial charge on any atom is -0.493 e. The number of carbonyl (C=O) groups is 1. The van der Waals surface area contributed by atoms with Crippen molar-refractivity contribution >= 4 is 11.7 Å². The molecule has 106 valence electrons. The maximum atomic E-state index is 11.1. The van der Waals surface area contributed by atoms with Crippen LogP contribution >= 0.6 is 0 Å². The molecular formula is C13H16N4O3. The zero-order valence-electron chi connectivity index (χ0n) is 11.3. The molecule has 0 fully saturated rings. The van der Waals surface area contributed by atoms with Crippen LogP contribution in [0, 0.1) is 0 Å². The second-order valence-electron chi connectivity index (χ2n) is 4.13. The Kier molecular flexibility index (Phi) is 3.79. The van der Waals surface area contributed by atoms with E-state index in [4.69, 9.17) is 20.9 Å². The molecule has 7 heteroatoms. The molecule has 0 aliphatic carbocycles. The predicted molar refractivity (Wildman–Crippen MR) is 73.8 cm³/mol. The predicted octanol–water partition coefficient (Wildman–Crippen LogP) is 0.630. The molecule has 20 heavy (non-hydrogen) atoms. The van der Waals surface area contributed by atoms with Gasteiger partial charge in [-0.1, -0.05) is 12.1 Å². The topological polar surface area (TPSA) is 105 Å². The van der Waals surface area contributed by atoms with Crippen LogP contribution in [0.5, 0.6) is 11.5 Å². The first-order chi connectivity index (χ1) is 9.56. The quantitative estimate of drug-likeness (QED) is 0.833. The summed E-state index contributed by atoms with van der Waals surface area (Å²) in [6.07, 6.45) is 0. The van der Waals surface area contributed by atoms with Crippen LogP contribution in [0.3, 0.4) is 0 Å². The number of primary amides is 1. The first kappa shape index (κ1) is 13.7. The van der Waals surface area contributed by atoms with Crippen molar-refractivity contribution in [3.8, 4) is 11.5 Å². The van der Waals surface area contributed by atoms with Gasteiger partial charge in [0.25, 0.3) is 5.91 Å². The number of hydrogen-bond acceptors (Lipinski definition) is 5. The van der Waals surface area contributed by atoms with Crippen molar-refractivity contribution in [2.24, 2.45) is 5.73 Å². The molecular weight excluding hydrogens is 260 g/mol. The van der Waals surface area contributed by atoms with E-state index in [2.05, 4.69) is 5.10 Å². The summed E-state index contributed by atoms with van der Waals surface area (Å²) in [6.45, 7) is 0.347. The Hall–Kier alpha value is -2.70. The van der Waals surface area contributed by atoms with Crippen LogP contribution in [0.4, 0.5) is 5.82 Å². The van der Waals surface area contributed by atoms with Crippen LogP contribution in [-0.2, 0) is 6.54 Å². The van der Waals surface area contributed by atoms with E-state index in [1.807, 2.05) is 12.1 Å². The summed E-state index contributed by atoms with van der Waals surface area (Å²) in [5, 5.41) is 4.06. The fourth-order valence-electron chi connectivity index (χ4n) is 1.92. The van der Waals surface area contributed by atoms with Gasteiger partial charge < -0.3 is 20.9 Å². The average Bonchev–Trinajstić information content (AvgIpc) is 2.80. The van der Waals surface area contributed by atoms with Crippen LogP contribution in [0.1, 0.15) is 16.1 Å². The third kappa shape index (κ3) is 2.51. The van der Waals surface area contributed by atoms with E-state index in [-0.39, 0.29) is 5.69 Å². The SMILES string of the molecule is COc1cccc(Cn2nc(C(N)=O)cc2N)c1OC.